The summed E-state index contributed by atoms with van der Waals surface area (Å²) in [6.45, 7) is 4.74. The molecule has 0 spiro atoms. The number of benzene rings is 2. The minimum atomic E-state index is -3.63. The van der Waals surface area contributed by atoms with Crippen LogP contribution in [0.2, 0.25) is 0 Å². The number of carbonyl (C=O) groups excluding carboxylic acids is 1. The Labute approximate surface area is 179 Å². The monoisotopic (exact) mass is 446 g/mol. The van der Waals surface area contributed by atoms with Gasteiger partial charge in [-0.3, -0.25) is 9.52 Å². The van der Waals surface area contributed by atoms with Crippen LogP contribution in [0, 0.1) is 0 Å². The first-order chi connectivity index (χ1) is 14.4. The second-order valence-corrected chi connectivity index (χ2v) is 8.95. The highest BCUT2D eigenvalue weighted by Crippen LogP contribution is 2.31. The highest BCUT2D eigenvalue weighted by Gasteiger charge is 2.16. The maximum absolute atomic E-state index is 12.6. The van der Waals surface area contributed by atoms with Gasteiger partial charge in [-0.05, 0) is 61.7 Å². The van der Waals surface area contributed by atoms with Gasteiger partial charge in [0, 0.05) is 23.0 Å². The Hall–Kier alpha value is -3.04. The van der Waals surface area contributed by atoms with Gasteiger partial charge in [0.1, 0.15) is 4.21 Å². The SMILES string of the molecule is CCOc1ccc(NC(=O)c2ccc(NS(=O)(=O)c3cccs3)cc2)cc1OCC. The third-order valence-corrected chi connectivity index (χ3v) is 6.74. The van der Waals surface area contributed by atoms with E-state index in [1.54, 1.807) is 53.9 Å². The Kier molecular flexibility index (Phi) is 6.96. The molecule has 0 unspecified atom stereocenters. The average Bonchev–Trinajstić information content (AvgIpc) is 3.26. The van der Waals surface area contributed by atoms with Gasteiger partial charge >= 0.3 is 0 Å². The van der Waals surface area contributed by atoms with Crippen molar-refractivity contribution in [3.8, 4) is 11.5 Å². The number of anilines is 2. The molecule has 0 bridgehead atoms. The molecule has 1 amide bonds. The van der Waals surface area contributed by atoms with Crippen molar-refractivity contribution in [3.63, 3.8) is 0 Å². The number of rotatable bonds is 9. The zero-order chi connectivity index (χ0) is 21.6. The number of carbonyl (C=O) groups is 1. The van der Waals surface area contributed by atoms with E-state index in [1.165, 1.54) is 6.07 Å². The lowest BCUT2D eigenvalue weighted by Gasteiger charge is -2.13. The second kappa shape index (κ2) is 9.64. The molecule has 3 rings (SSSR count). The first-order valence-electron chi connectivity index (χ1n) is 9.30. The fourth-order valence-corrected chi connectivity index (χ4v) is 4.70. The minimum absolute atomic E-state index is 0.227. The number of hydrogen-bond donors (Lipinski definition) is 2. The van der Waals surface area contributed by atoms with Crippen LogP contribution in [-0.4, -0.2) is 27.5 Å². The molecule has 0 aliphatic rings. The van der Waals surface area contributed by atoms with Gasteiger partial charge < -0.3 is 14.8 Å². The number of sulfonamides is 1. The van der Waals surface area contributed by atoms with Crippen molar-refractivity contribution in [3.05, 3.63) is 65.5 Å². The van der Waals surface area contributed by atoms with Crippen molar-refractivity contribution in [1.29, 1.82) is 0 Å². The number of nitrogens with one attached hydrogen (secondary N) is 2. The van der Waals surface area contributed by atoms with Crippen LogP contribution < -0.4 is 19.5 Å². The summed E-state index contributed by atoms with van der Waals surface area (Å²) >= 11 is 1.13. The van der Waals surface area contributed by atoms with Crippen molar-refractivity contribution in [1.82, 2.24) is 0 Å². The van der Waals surface area contributed by atoms with Crippen LogP contribution in [0.1, 0.15) is 24.2 Å². The van der Waals surface area contributed by atoms with Gasteiger partial charge in [0.2, 0.25) is 0 Å². The van der Waals surface area contributed by atoms with Gasteiger partial charge in [0.15, 0.2) is 11.5 Å². The van der Waals surface area contributed by atoms with E-state index in [4.69, 9.17) is 9.47 Å². The fraction of sp³-hybridized carbons (Fsp3) is 0.190. The van der Waals surface area contributed by atoms with Gasteiger partial charge in [-0.2, -0.15) is 0 Å². The van der Waals surface area contributed by atoms with Crippen molar-refractivity contribution < 1.29 is 22.7 Å². The number of hydrogen-bond acceptors (Lipinski definition) is 6. The molecule has 0 aliphatic carbocycles. The predicted molar refractivity (Wildman–Crippen MR) is 118 cm³/mol. The fourth-order valence-electron chi connectivity index (χ4n) is 2.64. The summed E-state index contributed by atoms with van der Waals surface area (Å²) in [6.07, 6.45) is 0. The van der Waals surface area contributed by atoms with E-state index in [2.05, 4.69) is 10.0 Å². The summed E-state index contributed by atoms with van der Waals surface area (Å²) in [5.41, 5.74) is 1.33. The number of amides is 1. The summed E-state index contributed by atoms with van der Waals surface area (Å²) in [7, 11) is -3.63. The topological polar surface area (TPSA) is 93.7 Å². The molecule has 0 saturated heterocycles. The van der Waals surface area contributed by atoms with Crippen LogP contribution in [0.4, 0.5) is 11.4 Å². The van der Waals surface area contributed by atoms with Gasteiger partial charge in [-0.1, -0.05) is 6.07 Å². The maximum atomic E-state index is 12.6. The van der Waals surface area contributed by atoms with Gasteiger partial charge in [-0.15, -0.1) is 11.3 Å². The zero-order valence-corrected chi connectivity index (χ0v) is 18.2. The largest absolute Gasteiger partial charge is 0.490 e. The standard InChI is InChI=1S/C21H22N2O5S2/c1-3-27-18-12-11-17(14-19(18)28-4-2)22-21(24)15-7-9-16(10-8-15)23-30(25,26)20-6-5-13-29-20/h5-14,23H,3-4H2,1-2H3,(H,22,24). The van der Waals surface area contributed by atoms with E-state index in [1.807, 2.05) is 13.8 Å². The molecule has 1 aromatic heterocycles. The van der Waals surface area contributed by atoms with Crippen molar-refractivity contribution >= 4 is 38.6 Å². The molecule has 158 valence electrons. The van der Waals surface area contributed by atoms with Crippen molar-refractivity contribution in [2.75, 3.05) is 23.3 Å². The molecular weight excluding hydrogens is 424 g/mol. The van der Waals surface area contributed by atoms with Crippen LogP contribution >= 0.6 is 11.3 Å². The molecule has 3 aromatic rings. The Morgan fingerprint density at radius 2 is 1.60 bits per heavy atom. The lowest BCUT2D eigenvalue weighted by Crippen LogP contribution is -2.13. The summed E-state index contributed by atoms with van der Waals surface area (Å²) in [4.78, 5) is 12.6. The molecule has 0 fully saturated rings. The lowest BCUT2D eigenvalue weighted by atomic mass is 10.2. The smallest absolute Gasteiger partial charge is 0.271 e. The van der Waals surface area contributed by atoms with Crippen LogP contribution in [0.25, 0.3) is 0 Å². The summed E-state index contributed by atoms with van der Waals surface area (Å²) < 4.78 is 38.4. The first-order valence-corrected chi connectivity index (χ1v) is 11.7. The number of thiophene rings is 1. The molecule has 1 heterocycles. The maximum Gasteiger partial charge on any atom is 0.271 e. The van der Waals surface area contributed by atoms with Crippen molar-refractivity contribution in [2.45, 2.75) is 18.1 Å². The van der Waals surface area contributed by atoms with E-state index in [0.29, 0.717) is 41.7 Å². The predicted octanol–water partition coefficient (Wildman–Crippen LogP) is 4.60. The third-order valence-electron chi connectivity index (χ3n) is 3.96. The highest BCUT2D eigenvalue weighted by molar-refractivity contribution is 7.94. The van der Waals surface area contributed by atoms with Crippen LogP contribution in [0.5, 0.6) is 11.5 Å². The van der Waals surface area contributed by atoms with E-state index in [9.17, 15) is 13.2 Å². The summed E-state index contributed by atoms with van der Waals surface area (Å²) in [6, 6.07) is 14.6. The molecule has 0 atom stereocenters. The van der Waals surface area contributed by atoms with Crippen LogP contribution in [-0.2, 0) is 10.0 Å². The normalized spacial score (nSPS) is 11.0. The number of ether oxygens (including phenoxy) is 2. The Balaban J connectivity index is 1.70. The Bertz CT molecular complexity index is 1090. The quantitative estimate of drug-likeness (QED) is 0.501. The Morgan fingerprint density at radius 3 is 2.23 bits per heavy atom. The minimum Gasteiger partial charge on any atom is -0.490 e. The molecule has 30 heavy (non-hydrogen) atoms. The molecular formula is C21H22N2O5S2. The highest BCUT2D eigenvalue weighted by atomic mass is 32.2. The zero-order valence-electron chi connectivity index (χ0n) is 16.5. The van der Waals surface area contributed by atoms with Crippen molar-refractivity contribution in [2.24, 2.45) is 0 Å². The van der Waals surface area contributed by atoms with Gasteiger partial charge in [-0.25, -0.2) is 8.42 Å². The summed E-state index contributed by atoms with van der Waals surface area (Å²) in [5, 5.41) is 4.50. The molecule has 0 saturated carbocycles. The second-order valence-electron chi connectivity index (χ2n) is 6.10. The molecule has 2 N–H and O–H groups in total. The molecule has 0 radical (unpaired) electrons. The van der Waals surface area contributed by atoms with E-state index < -0.39 is 10.0 Å². The molecule has 0 aliphatic heterocycles. The third kappa shape index (κ3) is 5.31. The summed E-state index contributed by atoms with van der Waals surface area (Å²) in [5.74, 6) is 0.837. The molecule has 2 aromatic carbocycles. The lowest BCUT2D eigenvalue weighted by molar-refractivity contribution is 0.102. The molecule has 9 heteroatoms. The average molecular weight is 447 g/mol. The van der Waals surface area contributed by atoms with Crippen LogP contribution in [0.3, 0.4) is 0 Å². The molecule has 7 nitrogen and oxygen atoms in total. The van der Waals surface area contributed by atoms with E-state index >= 15 is 0 Å². The first kappa shape index (κ1) is 21.7. The van der Waals surface area contributed by atoms with E-state index in [-0.39, 0.29) is 10.1 Å². The van der Waals surface area contributed by atoms with Gasteiger partial charge in [0.05, 0.1) is 13.2 Å². The Morgan fingerprint density at radius 1 is 0.933 bits per heavy atom. The van der Waals surface area contributed by atoms with Crippen LogP contribution in [0.15, 0.2) is 64.2 Å². The van der Waals surface area contributed by atoms with Gasteiger partial charge in [0.25, 0.3) is 15.9 Å². The van der Waals surface area contributed by atoms with E-state index in [0.717, 1.165) is 11.3 Å².